The number of esters is 1. The van der Waals surface area contributed by atoms with Crippen molar-refractivity contribution < 1.29 is 9.53 Å². The maximum Gasteiger partial charge on any atom is 0.340 e. The first kappa shape index (κ1) is 12.8. The second kappa shape index (κ2) is 4.84. The molecular formula is C18H14N2O2. The normalized spacial score (nSPS) is 11.3. The fourth-order valence-corrected chi connectivity index (χ4v) is 2.88. The summed E-state index contributed by atoms with van der Waals surface area (Å²) in [5, 5.41) is 1.10. The fraction of sp³-hybridized carbons (Fsp3) is 0.111. The van der Waals surface area contributed by atoms with Crippen molar-refractivity contribution in [2.75, 3.05) is 6.61 Å². The first-order valence-electron chi connectivity index (χ1n) is 7.25. The summed E-state index contributed by atoms with van der Waals surface area (Å²) in [6.45, 7) is 2.16. The average molecular weight is 290 g/mol. The number of fused-ring (bicyclic) bond motifs is 5. The SMILES string of the molecule is CCOC(=O)c1cccn2ccc3c4ccccc4nc-3c12. The Morgan fingerprint density at radius 3 is 2.86 bits per heavy atom. The Balaban J connectivity index is 2.11. The van der Waals surface area contributed by atoms with E-state index >= 15 is 0 Å². The molecule has 4 heteroatoms. The summed E-state index contributed by atoms with van der Waals surface area (Å²) in [5.41, 5.74) is 4.14. The maximum atomic E-state index is 12.3. The lowest BCUT2D eigenvalue weighted by Gasteiger charge is -2.11. The minimum absolute atomic E-state index is 0.319. The largest absolute Gasteiger partial charge is 0.462 e. The molecule has 0 saturated heterocycles. The molecule has 0 bridgehead atoms. The standard InChI is InChI=1S/C18H14N2O2/c1-2-22-18(21)14-7-5-10-20-11-9-13-12-6-3-4-8-15(12)19-16(13)17(14)20/h3-11H,2H2,1H3. The summed E-state index contributed by atoms with van der Waals surface area (Å²) >= 11 is 0. The summed E-state index contributed by atoms with van der Waals surface area (Å²) in [6.07, 6.45) is 3.87. The van der Waals surface area contributed by atoms with Gasteiger partial charge in [0.25, 0.3) is 0 Å². The number of benzene rings is 1. The van der Waals surface area contributed by atoms with E-state index in [1.807, 2.05) is 53.2 Å². The molecule has 0 radical (unpaired) electrons. The van der Waals surface area contributed by atoms with E-state index in [2.05, 4.69) is 0 Å². The van der Waals surface area contributed by atoms with Gasteiger partial charge in [-0.25, -0.2) is 9.78 Å². The van der Waals surface area contributed by atoms with E-state index in [0.717, 1.165) is 27.7 Å². The number of aromatic nitrogens is 2. The predicted octanol–water partition coefficient (Wildman–Crippen LogP) is 3.77. The highest BCUT2D eigenvalue weighted by atomic mass is 16.5. The smallest absolute Gasteiger partial charge is 0.340 e. The number of nitrogens with zero attached hydrogens (tertiary/aromatic N) is 2. The lowest BCUT2D eigenvalue weighted by Crippen LogP contribution is -2.08. The van der Waals surface area contributed by atoms with Crippen LogP contribution in [0.5, 0.6) is 0 Å². The van der Waals surface area contributed by atoms with Crippen LogP contribution in [0.4, 0.5) is 0 Å². The monoisotopic (exact) mass is 290 g/mol. The average Bonchev–Trinajstić information content (AvgIpc) is 2.93. The molecule has 0 unspecified atom stereocenters. The Kier molecular flexibility index (Phi) is 2.82. The minimum atomic E-state index is -0.319. The summed E-state index contributed by atoms with van der Waals surface area (Å²) in [4.78, 5) is 17.0. The number of hydrogen-bond acceptors (Lipinski definition) is 3. The molecule has 2 aliphatic rings. The van der Waals surface area contributed by atoms with Crippen LogP contribution in [-0.2, 0) is 4.74 Å². The Morgan fingerprint density at radius 1 is 1.14 bits per heavy atom. The lowest BCUT2D eigenvalue weighted by atomic mass is 10.1. The molecule has 0 fully saturated rings. The van der Waals surface area contributed by atoms with E-state index in [9.17, 15) is 4.79 Å². The number of carbonyl (C=O) groups excluding carboxylic acids is 1. The zero-order chi connectivity index (χ0) is 15.1. The van der Waals surface area contributed by atoms with Gasteiger partial charge < -0.3 is 9.14 Å². The van der Waals surface area contributed by atoms with E-state index in [4.69, 9.17) is 9.72 Å². The van der Waals surface area contributed by atoms with Crippen molar-refractivity contribution in [3.05, 3.63) is 60.4 Å². The molecule has 4 nitrogen and oxygen atoms in total. The van der Waals surface area contributed by atoms with Crippen LogP contribution in [0.25, 0.3) is 27.7 Å². The van der Waals surface area contributed by atoms with Crippen molar-refractivity contribution in [2.45, 2.75) is 6.92 Å². The third-order valence-corrected chi connectivity index (χ3v) is 3.83. The molecule has 1 aromatic heterocycles. The Labute approximate surface area is 127 Å². The van der Waals surface area contributed by atoms with Crippen LogP contribution in [0.1, 0.15) is 17.3 Å². The first-order chi connectivity index (χ1) is 10.8. The van der Waals surface area contributed by atoms with Crippen LogP contribution < -0.4 is 0 Å². The first-order valence-corrected chi connectivity index (χ1v) is 7.25. The van der Waals surface area contributed by atoms with Crippen molar-refractivity contribution in [2.24, 2.45) is 0 Å². The third kappa shape index (κ3) is 1.77. The molecule has 0 amide bonds. The number of ether oxygens (including phenoxy) is 1. The van der Waals surface area contributed by atoms with E-state index in [1.165, 1.54) is 0 Å². The second-order valence-corrected chi connectivity index (χ2v) is 5.11. The molecule has 2 aliphatic heterocycles. The van der Waals surface area contributed by atoms with Crippen LogP contribution in [0.2, 0.25) is 0 Å². The minimum Gasteiger partial charge on any atom is -0.462 e. The fourth-order valence-electron chi connectivity index (χ4n) is 2.88. The Bertz CT molecular complexity index is 971. The highest BCUT2D eigenvalue weighted by molar-refractivity contribution is 6.07. The maximum absolute atomic E-state index is 12.3. The number of para-hydroxylation sites is 1. The van der Waals surface area contributed by atoms with Gasteiger partial charge in [-0.15, -0.1) is 0 Å². The molecule has 4 rings (SSSR count). The summed E-state index contributed by atoms with van der Waals surface area (Å²) in [6, 6.07) is 13.7. The van der Waals surface area contributed by atoms with Gasteiger partial charge in [0.15, 0.2) is 0 Å². The molecule has 0 N–H and O–H groups in total. The molecule has 2 aromatic rings. The highest BCUT2D eigenvalue weighted by Crippen LogP contribution is 2.35. The zero-order valence-corrected chi connectivity index (χ0v) is 12.1. The van der Waals surface area contributed by atoms with Crippen LogP contribution >= 0.6 is 0 Å². The molecule has 22 heavy (non-hydrogen) atoms. The van der Waals surface area contributed by atoms with E-state index in [-0.39, 0.29) is 5.97 Å². The summed E-state index contributed by atoms with van der Waals surface area (Å²) in [5.74, 6) is -0.319. The van der Waals surface area contributed by atoms with Gasteiger partial charge in [-0.2, -0.15) is 0 Å². The van der Waals surface area contributed by atoms with Crippen molar-refractivity contribution in [1.82, 2.24) is 9.38 Å². The summed E-state index contributed by atoms with van der Waals surface area (Å²) in [7, 11) is 0. The van der Waals surface area contributed by atoms with E-state index in [1.54, 1.807) is 13.0 Å². The van der Waals surface area contributed by atoms with Gasteiger partial charge in [-0.3, -0.25) is 0 Å². The molecule has 0 aliphatic carbocycles. The predicted molar refractivity (Wildman–Crippen MR) is 85.3 cm³/mol. The molecule has 0 spiro atoms. The van der Waals surface area contributed by atoms with Gasteiger partial charge in [0, 0.05) is 23.3 Å². The van der Waals surface area contributed by atoms with Gasteiger partial charge >= 0.3 is 5.97 Å². The Morgan fingerprint density at radius 2 is 2.00 bits per heavy atom. The molecule has 1 aromatic carbocycles. The van der Waals surface area contributed by atoms with Crippen LogP contribution in [0.3, 0.4) is 0 Å². The van der Waals surface area contributed by atoms with Crippen LogP contribution in [-0.4, -0.2) is 22.0 Å². The van der Waals surface area contributed by atoms with Crippen LogP contribution in [0, 0.1) is 0 Å². The van der Waals surface area contributed by atoms with Gasteiger partial charge in [0.1, 0.15) is 0 Å². The van der Waals surface area contributed by atoms with Crippen molar-refractivity contribution in [3.8, 4) is 11.3 Å². The quantitative estimate of drug-likeness (QED) is 0.528. The van der Waals surface area contributed by atoms with Crippen molar-refractivity contribution in [3.63, 3.8) is 0 Å². The topological polar surface area (TPSA) is 43.6 Å². The van der Waals surface area contributed by atoms with Crippen molar-refractivity contribution in [1.29, 1.82) is 0 Å². The van der Waals surface area contributed by atoms with Gasteiger partial charge in [0.05, 0.1) is 28.9 Å². The van der Waals surface area contributed by atoms with E-state index < -0.39 is 0 Å². The molecule has 0 atom stereocenters. The molecular weight excluding hydrogens is 276 g/mol. The second-order valence-electron chi connectivity index (χ2n) is 5.11. The third-order valence-electron chi connectivity index (χ3n) is 3.83. The zero-order valence-electron chi connectivity index (χ0n) is 12.1. The number of rotatable bonds is 2. The van der Waals surface area contributed by atoms with Crippen LogP contribution in [0.15, 0.2) is 54.9 Å². The van der Waals surface area contributed by atoms with Gasteiger partial charge in [0.2, 0.25) is 0 Å². The van der Waals surface area contributed by atoms with Crippen molar-refractivity contribution >= 4 is 22.4 Å². The summed E-state index contributed by atoms with van der Waals surface area (Å²) < 4.78 is 7.10. The van der Waals surface area contributed by atoms with Gasteiger partial charge in [-0.05, 0) is 31.2 Å². The number of hydrogen-bond donors (Lipinski definition) is 0. The molecule has 3 heterocycles. The van der Waals surface area contributed by atoms with E-state index in [0.29, 0.717) is 12.2 Å². The highest BCUT2D eigenvalue weighted by Gasteiger charge is 2.20. The molecule has 0 saturated carbocycles. The Hall–Kier alpha value is -2.88. The van der Waals surface area contributed by atoms with Gasteiger partial charge in [-0.1, -0.05) is 18.2 Å². The number of carbonyl (C=O) groups is 1. The lowest BCUT2D eigenvalue weighted by molar-refractivity contribution is 0.0528. The molecule has 108 valence electrons. The number of pyridine rings is 2.